The minimum absolute atomic E-state index is 0.177. The van der Waals surface area contributed by atoms with Crippen molar-refractivity contribution in [1.29, 1.82) is 0 Å². The van der Waals surface area contributed by atoms with Crippen LogP contribution in [0, 0.1) is 0 Å². The lowest BCUT2D eigenvalue weighted by Crippen LogP contribution is -2.33. The zero-order valence-corrected chi connectivity index (χ0v) is 16.0. The predicted molar refractivity (Wildman–Crippen MR) is 114 cm³/mol. The minimum Gasteiger partial charge on any atom is -0.357 e. The Labute approximate surface area is 168 Å². The Kier molecular flexibility index (Phi) is 4.52. The van der Waals surface area contributed by atoms with Gasteiger partial charge in [0, 0.05) is 19.3 Å². The lowest BCUT2D eigenvalue weighted by Gasteiger charge is -2.33. The van der Waals surface area contributed by atoms with Crippen molar-refractivity contribution in [3.8, 4) is 5.69 Å². The molecule has 0 amide bonds. The van der Waals surface area contributed by atoms with Crippen LogP contribution in [0.1, 0.15) is 24.3 Å². The molecule has 0 unspecified atom stereocenters. The Bertz CT molecular complexity index is 1180. The fourth-order valence-corrected chi connectivity index (χ4v) is 4.01. The molecule has 0 radical (unpaired) electrons. The smallest absolute Gasteiger partial charge is 0.284 e. The van der Waals surface area contributed by atoms with Gasteiger partial charge in [0.05, 0.1) is 17.4 Å². The van der Waals surface area contributed by atoms with Crippen LogP contribution < -0.4 is 10.5 Å². The van der Waals surface area contributed by atoms with Crippen LogP contribution in [-0.4, -0.2) is 32.6 Å². The molecule has 1 aromatic carbocycles. The lowest BCUT2D eigenvalue weighted by atomic mass is 9.89. The van der Waals surface area contributed by atoms with Crippen molar-refractivity contribution < 1.29 is 0 Å². The second-order valence-corrected chi connectivity index (χ2v) is 7.34. The van der Waals surface area contributed by atoms with E-state index in [1.54, 1.807) is 18.5 Å². The molecule has 29 heavy (non-hydrogen) atoms. The Morgan fingerprint density at radius 3 is 2.52 bits per heavy atom. The van der Waals surface area contributed by atoms with Gasteiger partial charge in [-0.05, 0) is 48.6 Å². The Morgan fingerprint density at radius 1 is 0.931 bits per heavy atom. The topological polar surface area (TPSA) is 63.9 Å². The number of rotatable bonds is 3. The fraction of sp³-hybridized carbons (Fsp3) is 0.217. The molecule has 0 N–H and O–H groups in total. The summed E-state index contributed by atoms with van der Waals surface area (Å²) in [5.74, 6) is 1.42. The number of piperidine rings is 1. The highest BCUT2D eigenvalue weighted by Crippen LogP contribution is 2.30. The number of benzene rings is 1. The van der Waals surface area contributed by atoms with E-state index in [2.05, 4.69) is 45.2 Å². The molecule has 6 heteroatoms. The number of aromatic nitrogens is 4. The molecule has 1 fully saturated rings. The van der Waals surface area contributed by atoms with Gasteiger partial charge in [-0.15, -0.1) is 0 Å². The second kappa shape index (κ2) is 7.47. The van der Waals surface area contributed by atoms with E-state index in [4.69, 9.17) is 4.98 Å². The van der Waals surface area contributed by atoms with Gasteiger partial charge in [-0.3, -0.25) is 14.3 Å². The number of nitrogens with zero attached hydrogens (tertiary/aromatic N) is 5. The van der Waals surface area contributed by atoms with Crippen LogP contribution in [0.3, 0.4) is 0 Å². The van der Waals surface area contributed by atoms with Gasteiger partial charge in [0.2, 0.25) is 0 Å². The summed E-state index contributed by atoms with van der Waals surface area (Å²) in [5.41, 5.74) is 2.91. The van der Waals surface area contributed by atoms with Crippen LogP contribution in [0.15, 0.2) is 78.1 Å². The molecule has 0 saturated carbocycles. The van der Waals surface area contributed by atoms with Gasteiger partial charge in [-0.1, -0.05) is 30.3 Å². The van der Waals surface area contributed by atoms with E-state index in [-0.39, 0.29) is 5.56 Å². The summed E-state index contributed by atoms with van der Waals surface area (Å²) in [6, 6.07) is 18.2. The van der Waals surface area contributed by atoms with Crippen molar-refractivity contribution in [3.63, 3.8) is 0 Å². The molecule has 0 aliphatic carbocycles. The zero-order chi connectivity index (χ0) is 19.6. The van der Waals surface area contributed by atoms with Crippen molar-refractivity contribution in [3.05, 3.63) is 89.2 Å². The van der Waals surface area contributed by atoms with Crippen LogP contribution in [-0.2, 0) is 0 Å². The highest BCUT2D eigenvalue weighted by atomic mass is 16.1. The molecule has 0 bridgehead atoms. The van der Waals surface area contributed by atoms with Crippen molar-refractivity contribution in [2.24, 2.45) is 0 Å². The summed E-state index contributed by atoms with van der Waals surface area (Å²) in [6.45, 7) is 1.85. The van der Waals surface area contributed by atoms with Crippen LogP contribution >= 0.6 is 0 Å². The second-order valence-electron chi connectivity index (χ2n) is 7.34. The quantitative estimate of drug-likeness (QED) is 0.541. The molecule has 1 aliphatic rings. The maximum absolute atomic E-state index is 13.0. The largest absolute Gasteiger partial charge is 0.357 e. The first-order valence-corrected chi connectivity index (χ1v) is 9.88. The third-order valence-corrected chi connectivity index (χ3v) is 5.61. The van der Waals surface area contributed by atoms with E-state index in [1.165, 1.54) is 16.5 Å². The van der Waals surface area contributed by atoms with Crippen LogP contribution in [0.5, 0.6) is 0 Å². The average Bonchev–Trinajstić information content (AvgIpc) is 2.80. The third-order valence-electron chi connectivity index (χ3n) is 5.61. The normalized spacial score (nSPS) is 15.0. The fourth-order valence-electron chi connectivity index (χ4n) is 4.01. The summed E-state index contributed by atoms with van der Waals surface area (Å²) in [6.07, 6.45) is 7.02. The first-order chi connectivity index (χ1) is 14.3. The molecular weight excluding hydrogens is 362 g/mol. The summed E-state index contributed by atoms with van der Waals surface area (Å²) in [7, 11) is 0. The molecule has 1 aliphatic heterocycles. The molecule has 6 nitrogen and oxygen atoms in total. The molecule has 144 valence electrons. The summed E-state index contributed by atoms with van der Waals surface area (Å²) >= 11 is 0. The molecule has 4 heterocycles. The first-order valence-electron chi connectivity index (χ1n) is 9.88. The van der Waals surface area contributed by atoms with Crippen molar-refractivity contribution >= 4 is 16.9 Å². The maximum atomic E-state index is 13.0. The van der Waals surface area contributed by atoms with Gasteiger partial charge >= 0.3 is 0 Å². The molecular formula is C23H21N5O. The summed E-state index contributed by atoms with van der Waals surface area (Å²) in [4.78, 5) is 28.5. The SMILES string of the molecule is O=c1c2nc(N3CCC(c4ccccc4)CC3)ccc2ncn1-c1cccnc1. The highest BCUT2D eigenvalue weighted by Gasteiger charge is 2.22. The first kappa shape index (κ1) is 17.6. The molecule has 3 aromatic heterocycles. The van der Waals surface area contributed by atoms with E-state index >= 15 is 0 Å². The van der Waals surface area contributed by atoms with Crippen molar-refractivity contribution in [1.82, 2.24) is 19.5 Å². The van der Waals surface area contributed by atoms with Crippen molar-refractivity contribution in [2.75, 3.05) is 18.0 Å². The average molecular weight is 383 g/mol. The monoisotopic (exact) mass is 383 g/mol. The summed E-state index contributed by atoms with van der Waals surface area (Å²) < 4.78 is 1.49. The minimum atomic E-state index is -0.177. The number of hydrogen-bond donors (Lipinski definition) is 0. The predicted octanol–water partition coefficient (Wildman–Crippen LogP) is 3.56. The zero-order valence-electron chi connectivity index (χ0n) is 16.0. The van der Waals surface area contributed by atoms with Gasteiger partial charge in [0.1, 0.15) is 12.1 Å². The Morgan fingerprint density at radius 2 is 1.76 bits per heavy atom. The van der Waals surface area contributed by atoms with Crippen LogP contribution in [0.4, 0.5) is 5.82 Å². The van der Waals surface area contributed by atoms with Gasteiger partial charge in [0.15, 0.2) is 5.52 Å². The maximum Gasteiger partial charge on any atom is 0.284 e. The van der Waals surface area contributed by atoms with Crippen LogP contribution in [0.25, 0.3) is 16.7 Å². The standard InChI is InChI=1S/C23H21N5O/c29-23-22-20(25-16-28(23)19-7-4-12-24-15-19)8-9-21(26-22)27-13-10-18(11-14-27)17-5-2-1-3-6-17/h1-9,12,15-16,18H,10-11,13-14H2. The van der Waals surface area contributed by atoms with Gasteiger partial charge in [0.25, 0.3) is 5.56 Å². The molecule has 0 atom stereocenters. The van der Waals surface area contributed by atoms with E-state index < -0.39 is 0 Å². The van der Waals surface area contributed by atoms with Crippen LogP contribution in [0.2, 0.25) is 0 Å². The molecule has 1 saturated heterocycles. The number of fused-ring (bicyclic) bond motifs is 1. The van der Waals surface area contributed by atoms with E-state index in [0.717, 1.165) is 31.7 Å². The van der Waals surface area contributed by atoms with E-state index in [9.17, 15) is 4.79 Å². The van der Waals surface area contributed by atoms with Crippen molar-refractivity contribution in [2.45, 2.75) is 18.8 Å². The Hall–Kier alpha value is -3.54. The highest BCUT2D eigenvalue weighted by molar-refractivity contribution is 5.75. The lowest BCUT2D eigenvalue weighted by molar-refractivity contribution is 0.503. The number of anilines is 1. The van der Waals surface area contributed by atoms with E-state index in [0.29, 0.717) is 22.6 Å². The van der Waals surface area contributed by atoms with E-state index in [1.807, 2.05) is 18.2 Å². The Balaban J connectivity index is 1.43. The molecule has 4 aromatic rings. The van der Waals surface area contributed by atoms with Gasteiger partial charge < -0.3 is 4.90 Å². The third kappa shape index (κ3) is 3.38. The summed E-state index contributed by atoms with van der Waals surface area (Å²) in [5, 5.41) is 0. The molecule has 5 rings (SSSR count). The number of hydrogen-bond acceptors (Lipinski definition) is 5. The molecule has 0 spiro atoms. The number of pyridine rings is 2. The van der Waals surface area contributed by atoms with Gasteiger partial charge in [-0.25, -0.2) is 9.97 Å². The van der Waals surface area contributed by atoms with Gasteiger partial charge in [-0.2, -0.15) is 0 Å².